The third-order valence-electron chi connectivity index (χ3n) is 4.03. The lowest BCUT2D eigenvalue weighted by molar-refractivity contribution is 0.00585. The number of allylic oxidation sites excluding steroid dienone is 3. The Balaban J connectivity index is 2.50. The van der Waals surface area contributed by atoms with E-state index in [1.54, 1.807) is 0 Å². The van der Waals surface area contributed by atoms with E-state index in [4.69, 9.17) is 10.5 Å². The van der Waals surface area contributed by atoms with Gasteiger partial charge in [-0.1, -0.05) is 6.58 Å². The third-order valence-corrected chi connectivity index (χ3v) is 4.46. The highest BCUT2D eigenvalue weighted by molar-refractivity contribution is 9.10. The van der Waals surface area contributed by atoms with E-state index in [0.717, 1.165) is 0 Å². The van der Waals surface area contributed by atoms with Crippen molar-refractivity contribution in [3.05, 3.63) is 58.3 Å². The highest BCUT2D eigenvalue weighted by Crippen LogP contribution is 2.33. The lowest BCUT2D eigenvalue weighted by atomic mass is 9.90. The van der Waals surface area contributed by atoms with E-state index in [-0.39, 0.29) is 12.4 Å². The largest absolute Gasteiger partial charge is 0.505 e. The summed E-state index contributed by atoms with van der Waals surface area (Å²) in [5.74, 6) is -3.04. The van der Waals surface area contributed by atoms with Gasteiger partial charge in [-0.15, -0.1) is 0 Å². The molecule has 12 heteroatoms. The van der Waals surface area contributed by atoms with Gasteiger partial charge in [0.2, 0.25) is 0 Å². The van der Waals surface area contributed by atoms with Crippen LogP contribution in [0, 0.1) is 0 Å². The molecule has 0 bridgehead atoms. The van der Waals surface area contributed by atoms with Crippen LogP contribution in [0.1, 0.15) is 10.5 Å². The molecule has 1 aliphatic heterocycles. The van der Waals surface area contributed by atoms with Crippen LogP contribution >= 0.6 is 15.9 Å². The molecular weight excluding hydrogens is 476 g/mol. The first-order valence-corrected chi connectivity index (χ1v) is 9.09. The molecular formula is C18H17BrF4N4O3. The normalized spacial score (nSPS) is 20.5. The molecule has 1 aliphatic rings. The summed E-state index contributed by atoms with van der Waals surface area (Å²) in [6.45, 7) is 0.819. The van der Waals surface area contributed by atoms with Crippen LogP contribution in [0.25, 0.3) is 0 Å². The molecule has 2 rings (SSSR count). The van der Waals surface area contributed by atoms with Gasteiger partial charge in [-0.2, -0.15) is 0 Å². The topological polar surface area (TPSA) is 110 Å². The Bertz CT molecular complexity index is 936. The number of aliphatic imine (C=N–C) groups is 1. The monoisotopic (exact) mass is 492 g/mol. The zero-order valence-electron chi connectivity index (χ0n) is 15.3. The number of amides is 1. The van der Waals surface area contributed by atoms with Crippen LogP contribution in [-0.2, 0) is 4.74 Å². The van der Waals surface area contributed by atoms with E-state index in [0.29, 0.717) is 16.6 Å². The van der Waals surface area contributed by atoms with Crippen molar-refractivity contribution in [2.24, 2.45) is 10.7 Å². The van der Waals surface area contributed by atoms with Crippen molar-refractivity contribution in [3.63, 3.8) is 0 Å². The fourth-order valence-corrected chi connectivity index (χ4v) is 2.88. The Hall–Kier alpha value is -2.73. The Morgan fingerprint density at radius 1 is 1.53 bits per heavy atom. The number of halogens is 5. The standard InChI is InChI=1S/C18H17BrF4N4O3/c1-2-11(21)12(26-16(29)15-13(28)4-10(19)6-25-15)3-9(5-20)18(17(22)23)8-30-7-14(24)27-18/h2-4,6,17,28H,1,5,7-8H2,(H2,24,27)(H,26,29)/b9-3+,12-11-. The molecule has 0 fully saturated rings. The van der Waals surface area contributed by atoms with Gasteiger partial charge in [0.05, 0.1) is 12.3 Å². The number of hydrogen-bond donors (Lipinski definition) is 3. The predicted molar refractivity (Wildman–Crippen MR) is 105 cm³/mol. The van der Waals surface area contributed by atoms with Gasteiger partial charge < -0.3 is 20.9 Å². The van der Waals surface area contributed by atoms with E-state index >= 15 is 0 Å². The third kappa shape index (κ3) is 5.05. The first-order valence-electron chi connectivity index (χ1n) is 8.29. The first-order chi connectivity index (χ1) is 14.1. The van der Waals surface area contributed by atoms with Crippen LogP contribution in [0.3, 0.4) is 0 Å². The number of pyridine rings is 1. The van der Waals surface area contributed by atoms with Crippen molar-refractivity contribution in [1.82, 2.24) is 10.3 Å². The Morgan fingerprint density at radius 3 is 2.77 bits per heavy atom. The van der Waals surface area contributed by atoms with Crippen LogP contribution in [0.4, 0.5) is 17.6 Å². The van der Waals surface area contributed by atoms with Gasteiger partial charge >= 0.3 is 0 Å². The molecule has 0 aliphatic carbocycles. The minimum atomic E-state index is -3.24. The molecule has 1 atom stereocenters. The molecule has 0 saturated carbocycles. The van der Waals surface area contributed by atoms with Crippen molar-refractivity contribution in [2.45, 2.75) is 12.0 Å². The number of ether oxygens (including phenoxy) is 1. The van der Waals surface area contributed by atoms with Crippen LogP contribution in [-0.4, -0.2) is 53.7 Å². The van der Waals surface area contributed by atoms with Gasteiger partial charge in [-0.3, -0.25) is 9.79 Å². The molecule has 4 N–H and O–H groups in total. The summed E-state index contributed by atoms with van der Waals surface area (Å²) >= 11 is 3.05. The van der Waals surface area contributed by atoms with Gasteiger partial charge in [0.15, 0.2) is 11.2 Å². The maximum Gasteiger partial charge on any atom is 0.278 e. The summed E-state index contributed by atoms with van der Waals surface area (Å²) in [5, 5.41) is 11.9. The summed E-state index contributed by atoms with van der Waals surface area (Å²) in [6.07, 6.45) is -0.685. The zero-order chi connectivity index (χ0) is 22.5. The predicted octanol–water partition coefficient (Wildman–Crippen LogP) is 2.93. The summed E-state index contributed by atoms with van der Waals surface area (Å²) in [6, 6.07) is 1.17. The van der Waals surface area contributed by atoms with E-state index in [9.17, 15) is 27.5 Å². The summed E-state index contributed by atoms with van der Waals surface area (Å²) in [5.41, 5.74) is 1.13. The second-order valence-corrected chi connectivity index (χ2v) is 6.98. The highest BCUT2D eigenvalue weighted by Gasteiger charge is 2.46. The number of hydrogen-bond acceptors (Lipinski definition) is 6. The van der Waals surface area contributed by atoms with Crippen LogP contribution in [0.2, 0.25) is 0 Å². The van der Waals surface area contributed by atoms with Crippen molar-refractivity contribution in [3.8, 4) is 5.75 Å². The van der Waals surface area contributed by atoms with Crippen molar-refractivity contribution < 1.29 is 32.2 Å². The minimum Gasteiger partial charge on any atom is -0.505 e. The average Bonchev–Trinajstić information content (AvgIpc) is 2.69. The van der Waals surface area contributed by atoms with Crippen molar-refractivity contribution in [1.29, 1.82) is 0 Å². The number of carbonyl (C=O) groups is 1. The summed E-state index contributed by atoms with van der Waals surface area (Å²) in [4.78, 5) is 19.7. The second-order valence-electron chi connectivity index (χ2n) is 6.07. The molecule has 162 valence electrons. The Kier molecular flexibility index (Phi) is 7.73. The molecule has 1 aromatic heterocycles. The van der Waals surface area contributed by atoms with Crippen LogP contribution in [0.5, 0.6) is 5.75 Å². The molecule has 2 heterocycles. The smallest absolute Gasteiger partial charge is 0.278 e. The number of rotatable bonds is 7. The van der Waals surface area contributed by atoms with Gasteiger partial charge in [0.1, 0.15) is 30.7 Å². The number of nitrogens with one attached hydrogen (secondary N) is 1. The lowest BCUT2D eigenvalue weighted by Gasteiger charge is -2.34. The number of nitrogens with two attached hydrogens (primary N) is 1. The van der Waals surface area contributed by atoms with E-state index in [1.807, 2.05) is 0 Å². The molecule has 30 heavy (non-hydrogen) atoms. The van der Waals surface area contributed by atoms with Crippen LogP contribution in [0.15, 0.2) is 57.6 Å². The number of aromatic nitrogens is 1. The van der Waals surface area contributed by atoms with Gasteiger partial charge in [0, 0.05) is 10.7 Å². The fraction of sp³-hybridized carbons (Fsp3) is 0.278. The van der Waals surface area contributed by atoms with E-state index in [2.05, 4.69) is 37.8 Å². The molecule has 0 saturated heterocycles. The Labute approximate surface area is 177 Å². The zero-order valence-corrected chi connectivity index (χ0v) is 16.9. The summed E-state index contributed by atoms with van der Waals surface area (Å²) < 4.78 is 61.1. The Morgan fingerprint density at radius 2 is 2.23 bits per heavy atom. The molecule has 1 unspecified atom stereocenters. The fourth-order valence-electron chi connectivity index (χ4n) is 2.56. The van der Waals surface area contributed by atoms with Crippen LogP contribution < -0.4 is 11.1 Å². The highest BCUT2D eigenvalue weighted by atomic mass is 79.9. The number of nitrogens with zero attached hydrogens (tertiary/aromatic N) is 2. The second kappa shape index (κ2) is 9.85. The maximum atomic E-state index is 14.3. The van der Waals surface area contributed by atoms with Crippen molar-refractivity contribution >= 4 is 27.7 Å². The average molecular weight is 493 g/mol. The summed E-state index contributed by atoms with van der Waals surface area (Å²) in [7, 11) is 0. The van der Waals surface area contributed by atoms with Crippen molar-refractivity contribution in [2.75, 3.05) is 19.9 Å². The van der Waals surface area contributed by atoms with Gasteiger partial charge in [-0.05, 0) is 39.7 Å². The molecule has 7 nitrogen and oxygen atoms in total. The van der Waals surface area contributed by atoms with Gasteiger partial charge in [-0.25, -0.2) is 22.5 Å². The van der Waals surface area contributed by atoms with E-state index in [1.165, 1.54) is 12.3 Å². The quantitative estimate of drug-likeness (QED) is 0.400. The molecule has 1 amide bonds. The van der Waals surface area contributed by atoms with E-state index < -0.39 is 59.7 Å². The SMILES string of the molecule is C=C/C(F)=C(\C=C(/CF)C1(C(F)F)COCC(N)=N1)NC(=O)c1ncc(Br)cc1O. The molecule has 0 radical (unpaired) electrons. The minimum absolute atomic E-state index is 0.219. The molecule has 0 aromatic carbocycles. The maximum absolute atomic E-state index is 14.3. The molecule has 1 aromatic rings. The molecule has 0 spiro atoms. The number of alkyl halides is 3. The lowest BCUT2D eigenvalue weighted by Crippen LogP contribution is -2.49. The number of amidine groups is 1. The number of aromatic hydroxyl groups is 1. The number of carbonyl (C=O) groups excluding carboxylic acids is 1. The first kappa shape index (κ1) is 23.5. The van der Waals surface area contributed by atoms with Gasteiger partial charge in [0.25, 0.3) is 12.3 Å².